The number of carbonyl (C=O) groups is 1. The molecule has 2 aromatic rings. The fraction of sp³-hybridized carbons (Fsp3) is 0.444. The van der Waals surface area contributed by atoms with E-state index in [9.17, 15) is 4.79 Å². The van der Waals surface area contributed by atoms with E-state index in [2.05, 4.69) is 21.1 Å². The Balaban J connectivity index is 1.34. The molecule has 128 valence electrons. The highest BCUT2D eigenvalue weighted by Crippen LogP contribution is 2.48. The Bertz CT molecular complexity index is 830. The maximum atomic E-state index is 12.7. The van der Waals surface area contributed by atoms with Crippen LogP contribution in [0.5, 0.6) is 0 Å². The minimum Gasteiger partial charge on any atom is -0.353 e. The summed E-state index contributed by atoms with van der Waals surface area (Å²) in [5, 5.41) is 13.2. The smallest absolute Gasteiger partial charge is 0.226 e. The van der Waals surface area contributed by atoms with Gasteiger partial charge in [0.2, 0.25) is 5.91 Å². The maximum absolute atomic E-state index is 12.7. The van der Waals surface area contributed by atoms with Crippen molar-refractivity contribution in [2.75, 3.05) is 31.1 Å². The number of piperazine rings is 1. The molecule has 1 aliphatic heterocycles. The Labute approximate surface area is 146 Å². The van der Waals surface area contributed by atoms with Gasteiger partial charge >= 0.3 is 0 Å². The van der Waals surface area contributed by atoms with Crippen molar-refractivity contribution in [3.8, 4) is 6.07 Å². The zero-order valence-corrected chi connectivity index (χ0v) is 14.2. The minimum absolute atomic E-state index is 0.107. The molecule has 1 aliphatic carbocycles. The van der Waals surface area contributed by atoms with E-state index in [1.165, 1.54) is 0 Å². The normalized spacial score (nSPS) is 22.6. The van der Waals surface area contributed by atoms with E-state index in [1.807, 2.05) is 24.3 Å². The van der Waals surface area contributed by atoms with Crippen LogP contribution in [0.15, 0.2) is 30.7 Å². The van der Waals surface area contributed by atoms with Crippen molar-refractivity contribution in [3.05, 3.63) is 41.9 Å². The maximum Gasteiger partial charge on any atom is 0.226 e. The van der Waals surface area contributed by atoms with Gasteiger partial charge in [-0.3, -0.25) is 9.48 Å². The van der Waals surface area contributed by atoms with Crippen LogP contribution in [0.2, 0.25) is 0 Å². The van der Waals surface area contributed by atoms with Crippen molar-refractivity contribution in [2.24, 2.45) is 13.0 Å². The molecule has 7 heteroatoms. The molecule has 0 unspecified atom stereocenters. The number of nitriles is 1. The minimum atomic E-state index is 0.107. The van der Waals surface area contributed by atoms with Crippen LogP contribution in [-0.4, -0.2) is 51.8 Å². The van der Waals surface area contributed by atoms with Crippen LogP contribution in [0.25, 0.3) is 0 Å². The summed E-state index contributed by atoms with van der Waals surface area (Å²) in [5.74, 6) is 1.50. The number of hydrogen-bond donors (Lipinski definition) is 0. The fourth-order valence-electron chi connectivity index (χ4n) is 3.52. The first-order valence-corrected chi connectivity index (χ1v) is 8.54. The number of anilines is 1. The van der Waals surface area contributed by atoms with Gasteiger partial charge in [0, 0.05) is 51.5 Å². The molecular weight excluding hydrogens is 316 g/mol. The average Bonchev–Trinajstić information content (AvgIpc) is 3.35. The lowest BCUT2D eigenvalue weighted by atomic mass is 10.1. The number of pyridine rings is 1. The topological polar surface area (TPSA) is 78.0 Å². The molecule has 0 aromatic carbocycles. The third-order valence-electron chi connectivity index (χ3n) is 5.05. The molecule has 7 nitrogen and oxygen atoms in total. The molecule has 4 rings (SSSR count). The third kappa shape index (κ3) is 3.07. The molecule has 0 bridgehead atoms. The molecule has 2 aliphatic rings. The quantitative estimate of drug-likeness (QED) is 0.840. The summed E-state index contributed by atoms with van der Waals surface area (Å²) in [6.45, 7) is 2.90. The Morgan fingerprint density at radius 2 is 2.12 bits per heavy atom. The lowest BCUT2D eigenvalue weighted by Gasteiger charge is -2.35. The Morgan fingerprint density at radius 1 is 1.32 bits per heavy atom. The predicted molar refractivity (Wildman–Crippen MR) is 91.8 cm³/mol. The third-order valence-corrected chi connectivity index (χ3v) is 5.05. The number of hydrogen-bond acceptors (Lipinski definition) is 5. The standard InChI is InChI=1S/C18H20N6O/c1-22-12-14(11-21-22)15-9-16(15)18(25)24-6-4-23(5-7-24)17-8-13(10-19)2-3-20-17/h2-3,8,11-12,15-16H,4-7,9H2,1H3/t15-,16+/m0/s1. The van der Waals surface area contributed by atoms with Gasteiger partial charge in [0.25, 0.3) is 0 Å². The molecule has 25 heavy (non-hydrogen) atoms. The van der Waals surface area contributed by atoms with E-state index < -0.39 is 0 Å². The van der Waals surface area contributed by atoms with Gasteiger partial charge in [-0.1, -0.05) is 0 Å². The molecule has 1 saturated heterocycles. The largest absolute Gasteiger partial charge is 0.353 e. The van der Waals surface area contributed by atoms with E-state index in [1.54, 1.807) is 23.0 Å². The van der Waals surface area contributed by atoms with Gasteiger partial charge in [-0.2, -0.15) is 10.4 Å². The van der Waals surface area contributed by atoms with Crippen LogP contribution < -0.4 is 4.90 Å². The predicted octanol–water partition coefficient (Wildman–Crippen LogP) is 1.14. The second-order valence-corrected chi connectivity index (χ2v) is 6.72. The molecular formula is C18H20N6O. The van der Waals surface area contributed by atoms with E-state index >= 15 is 0 Å². The molecule has 2 aromatic heterocycles. The van der Waals surface area contributed by atoms with Crippen LogP contribution >= 0.6 is 0 Å². The number of aromatic nitrogens is 3. The van der Waals surface area contributed by atoms with Crippen LogP contribution in [0, 0.1) is 17.2 Å². The highest BCUT2D eigenvalue weighted by molar-refractivity contribution is 5.83. The lowest BCUT2D eigenvalue weighted by Crippen LogP contribution is -2.49. The molecule has 1 saturated carbocycles. The van der Waals surface area contributed by atoms with Gasteiger partial charge < -0.3 is 9.80 Å². The Morgan fingerprint density at radius 3 is 2.80 bits per heavy atom. The molecule has 2 fully saturated rings. The van der Waals surface area contributed by atoms with Gasteiger partial charge in [-0.05, 0) is 30.0 Å². The van der Waals surface area contributed by atoms with Crippen molar-refractivity contribution < 1.29 is 4.79 Å². The summed E-state index contributed by atoms with van der Waals surface area (Å²) in [6, 6.07) is 5.65. The summed E-state index contributed by atoms with van der Waals surface area (Å²) in [5.41, 5.74) is 1.78. The number of aryl methyl sites for hydroxylation is 1. The first-order valence-electron chi connectivity index (χ1n) is 8.54. The van der Waals surface area contributed by atoms with Crippen LogP contribution in [0.1, 0.15) is 23.5 Å². The van der Waals surface area contributed by atoms with E-state index in [0.29, 0.717) is 24.6 Å². The molecule has 0 spiro atoms. The van der Waals surface area contributed by atoms with Crippen LogP contribution in [-0.2, 0) is 11.8 Å². The zero-order valence-electron chi connectivity index (χ0n) is 14.2. The van der Waals surface area contributed by atoms with Crippen LogP contribution in [0.3, 0.4) is 0 Å². The second kappa shape index (κ2) is 6.20. The first kappa shape index (κ1) is 15.6. The van der Waals surface area contributed by atoms with Crippen molar-refractivity contribution in [3.63, 3.8) is 0 Å². The van der Waals surface area contributed by atoms with Gasteiger partial charge in [-0.15, -0.1) is 0 Å². The average molecular weight is 336 g/mol. The van der Waals surface area contributed by atoms with Crippen molar-refractivity contribution >= 4 is 11.7 Å². The molecule has 0 N–H and O–H groups in total. The number of amides is 1. The fourth-order valence-corrected chi connectivity index (χ4v) is 3.52. The zero-order chi connectivity index (χ0) is 17.4. The highest BCUT2D eigenvalue weighted by atomic mass is 16.2. The van der Waals surface area contributed by atoms with Gasteiger partial charge in [0.05, 0.1) is 17.8 Å². The van der Waals surface area contributed by atoms with E-state index in [-0.39, 0.29) is 11.8 Å². The van der Waals surface area contributed by atoms with E-state index in [0.717, 1.165) is 30.9 Å². The molecule has 1 amide bonds. The SMILES string of the molecule is Cn1cc([C@@H]2C[C@H]2C(=O)N2CCN(c3cc(C#N)ccn3)CC2)cn1. The lowest BCUT2D eigenvalue weighted by molar-refractivity contribution is -0.133. The molecule has 0 radical (unpaired) electrons. The summed E-state index contributed by atoms with van der Waals surface area (Å²) in [7, 11) is 1.90. The first-order chi connectivity index (χ1) is 12.2. The van der Waals surface area contributed by atoms with Crippen molar-refractivity contribution in [2.45, 2.75) is 12.3 Å². The summed E-state index contributed by atoms with van der Waals surface area (Å²) in [4.78, 5) is 21.2. The summed E-state index contributed by atoms with van der Waals surface area (Å²) in [6.07, 6.45) is 6.46. The number of rotatable bonds is 3. The van der Waals surface area contributed by atoms with Crippen molar-refractivity contribution in [1.29, 1.82) is 5.26 Å². The van der Waals surface area contributed by atoms with Crippen molar-refractivity contribution in [1.82, 2.24) is 19.7 Å². The summed E-state index contributed by atoms with van der Waals surface area (Å²) >= 11 is 0. The van der Waals surface area contributed by atoms with E-state index in [4.69, 9.17) is 5.26 Å². The van der Waals surface area contributed by atoms with Gasteiger partial charge in [-0.25, -0.2) is 4.98 Å². The Kier molecular flexibility index (Phi) is 3.88. The summed E-state index contributed by atoms with van der Waals surface area (Å²) < 4.78 is 1.79. The monoisotopic (exact) mass is 336 g/mol. The van der Waals surface area contributed by atoms with Gasteiger partial charge in [0.1, 0.15) is 5.82 Å². The van der Waals surface area contributed by atoms with Gasteiger partial charge in [0.15, 0.2) is 0 Å². The van der Waals surface area contributed by atoms with Crippen LogP contribution in [0.4, 0.5) is 5.82 Å². The number of carbonyl (C=O) groups excluding carboxylic acids is 1. The highest BCUT2D eigenvalue weighted by Gasteiger charge is 2.46. The second-order valence-electron chi connectivity index (χ2n) is 6.72. The molecule has 2 atom stereocenters. The Hall–Kier alpha value is -2.88. The number of nitrogens with zero attached hydrogens (tertiary/aromatic N) is 6. The molecule has 3 heterocycles.